The molecule has 0 bridgehead atoms. The van der Waals surface area contributed by atoms with Crippen LogP contribution in [0.2, 0.25) is 0 Å². The van der Waals surface area contributed by atoms with Crippen LogP contribution in [0.25, 0.3) is 22.0 Å². The van der Waals surface area contributed by atoms with Crippen molar-refractivity contribution in [2.45, 2.75) is 6.92 Å². The molecule has 0 aliphatic carbocycles. The molecule has 0 saturated carbocycles. The van der Waals surface area contributed by atoms with Crippen LogP contribution in [0.1, 0.15) is 5.56 Å². The summed E-state index contributed by atoms with van der Waals surface area (Å²) in [6.07, 6.45) is 2.02. The van der Waals surface area contributed by atoms with Gasteiger partial charge in [0.15, 0.2) is 0 Å². The fourth-order valence-corrected chi connectivity index (χ4v) is 2.45. The zero-order chi connectivity index (χ0) is 11.8. The minimum absolute atomic E-state index is 1.20. The summed E-state index contributed by atoms with van der Waals surface area (Å²) in [6.45, 7) is 2.11. The van der Waals surface area contributed by atoms with Crippen molar-refractivity contribution in [1.29, 1.82) is 0 Å². The highest BCUT2D eigenvalue weighted by Crippen LogP contribution is 2.26. The number of fused-ring (bicyclic) bond motifs is 1. The summed E-state index contributed by atoms with van der Waals surface area (Å²) in [7, 11) is 0. The maximum absolute atomic E-state index is 3.50. The Kier molecular flexibility index (Phi) is 2.52. The van der Waals surface area contributed by atoms with E-state index in [4.69, 9.17) is 0 Å². The van der Waals surface area contributed by atoms with Crippen molar-refractivity contribution in [3.8, 4) is 11.1 Å². The summed E-state index contributed by atoms with van der Waals surface area (Å²) in [5.74, 6) is 0. The van der Waals surface area contributed by atoms with Gasteiger partial charge in [-0.1, -0.05) is 42.0 Å². The van der Waals surface area contributed by atoms with Crippen molar-refractivity contribution < 1.29 is 0 Å². The highest BCUT2D eigenvalue weighted by molar-refractivity contribution is 9.08. The largest absolute Gasteiger partial charge is 0.284 e. The second-order valence-electron chi connectivity index (χ2n) is 4.27. The topological polar surface area (TPSA) is 4.93 Å². The molecule has 0 fully saturated rings. The molecule has 84 valence electrons. The third-order valence-corrected chi connectivity index (χ3v) is 3.65. The second-order valence-corrected chi connectivity index (χ2v) is 5.03. The van der Waals surface area contributed by atoms with Gasteiger partial charge in [-0.3, -0.25) is 3.59 Å². The van der Waals surface area contributed by atoms with E-state index in [1.807, 2.05) is 9.79 Å². The molecule has 0 N–H and O–H groups in total. The van der Waals surface area contributed by atoms with Crippen LogP contribution >= 0.6 is 16.1 Å². The van der Waals surface area contributed by atoms with E-state index in [0.29, 0.717) is 0 Å². The summed E-state index contributed by atoms with van der Waals surface area (Å²) < 4.78 is 1.97. The van der Waals surface area contributed by atoms with Crippen molar-refractivity contribution in [3.05, 3.63) is 60.3 Å². The maximum Gasteiger partial charge on any atom is 0.0597 e. The van der Waals surface area contributed by atoms with E-state index in [0.717, 1.165) is 0 Å². The first-order valence-corrected chi connectivity index (χ1v) is 6.29. The van der Waals surface area contributed by atoms with Crippen LogP contribution in [-0.4, -0.2) is 3.59 Å². The predicted octanol–water partition coefficient (Wildman–Crippen LogP) is 4.77. The molecule has 1 nitrogen and oxygen atoms in total. The number of hydrogen-bond acceptors (Lipinski definition) is 0. The Bertz CT molecular complexity index is 665. The monoisotopic (exact) mass is 285 g/mol. The van der Waals surface area contributed by atoms with Crippen LogP contribution in [0.4, 0.5) is 0 Å². The Labute approximate surface area is 109 Å². The number of nitrogens with zero attached hydrogens (tertiary/aromatic N) is 1. The van der Waals surface area contributed by atoms with Crippen LogP contribution in [0.15, 0.2) is 54.7 Å². The maximum atomic E-state index is 3.50. The van der Waals surface area contributed by atoms with E-state index in [1.165, 1.54) is 27.6 Å². The number of aromatic nitrogens is 1. The summed E-state index contributed by atoms with van der Waals surface area (Å²) in [6, 6.07) is 17.2. The summed E-state index contributed by atoms with van der Waals surface area (Å²) in [5.41, 5.74) is 4.99. The van der Waals surface area contributed by atoms with Crippen LogP contribution in [0, 0.1) is 6.92 Å². The van der Waals surface area contributed by atoms with Gasteiger partial charge >= 0.3 is 0 Å². The van der Waals surface area contributed by atoms with Gasteiger partial charge in [0.2, 0.25) is 0 Å². The zero-order valence-electron chi connectivity index (χ0n) is 9.52. The highest BCUT2D eigenvalue weighted by Gasteiger charge is 2.02. The van der Waals surface area contributed by atoms with E-state index in [9.17, 15) is 0 Å². The molecule has 3 rings (SSSR count). The van der Waals surface area contributed by atoms with Crippen LogP contribution in [-0.2, 0) is 0 Å². The lowest BCUT2D eigenvalue weighted by molar-refractivity contribution is 1.39. The molecule has 1 aromatic heterocycles. The lowest BCUT2D eigenvalue weighted by Gasteiger charge is -2.03. The first-order chi connectivity index (χ1) is 8.24. The Balaban J connectivity index is 2.17. The average molecular weight is 286 g/mol. The van der Waals surface area contributed by atoms with Crippen molar-refractivity contribution in [3.63, 3.8) is 0 Å². The smallest absolute Gasteiger partial charge is 0.0597 e. The van der Waals surface area contributed by atoms with Gasteiger partial charge in [0, 0.05) is 11.6 Å². The van der Waals surface area contributed by atoms with Gasteiger partial charge in [0.1, 0.15) is 0 Å². The Hall–Kier alpha value is -1.54. The summed E-state index contributed by atoms with van der Waals surface area (Å²) in [4.78, 5) is 0. The molecular weight excluding hydrogens is 274 g/mol. The molecule has 2 aromatic carbocycles. The van der Waals surface area contributed by atoms with Crippen molar-refractivity contribution in [1.82, 2.24) is 3.59 Å². The fraction of sp³-hybridized carbons (Fsp3) is 0.0667. The van der Waals surface area contributed by atoms with Gasteiger partial charge in [0.05, 0.1) is 21.7 Å². The lowest BCUT2D eigenvalue weighted by Crippen LogP contribution is -1.80. The zero-order valence-corrected chi connectivity index (χ0v) is 11.1. The second kappa shape index (κ2) is 4.04. The minimum atomic E-state index is 1.20. The average Bonchev–Trinajstić information content (AvgIpc) is 2.72. The molecule has 0 atom stereocenters. The third kappa shape index (κ3) is 1.89. The molecule has 0 saturated heterocycles. The number of benzene rings is 2. The molecule has 17 heavy (non-hydrogen) atoms. The molecule has 2 heteroatoms. The van der Waals surface area contributed by atoms with Gasteiger partial charge in [0.25, 0.3) is 0 Å². The first kappa shape index (κ1) is 10.6. The van der Waals surface area contributed by atoms with E-state index < -0.39 is 0 Å². The molecule has 0 aliphatic rings. The molecule has 0 radical (unpaired) electrons. The van der Waals surface area contributed by atoms with E-state index in [1.54, 1.807) is 0 Å². The van der Waals surface area contributed by atoms with E-state index in [-0.39, 0.29) is 0 Å². The molecule has 3 aromatic rings. The number of rotatable bonds is 1. The Morgan fingerprint density at radius 1 is 0.882 bits per heavy atom. The third-order valence-electron chi connectivity index (χ3n) is 3.03. The fourth-order valence-electron chi connectivity index (χ4n) is 2.02. The number of halogens is 1. The number of aryl methyl sites for hydroxylation is 1. The van der Waals surface area contributed by atoms with Gasteiger partial charge in [-0.15, -0.1) is 0 Å². The number of hydrogen-bond donors (Lipinski definition) is 0. The van der Waals surface area contributed by atoms with Crippen molar-refractivity contribution in [2.75, 3.05) is 0 Å². The minimum Gasteiger partial charge on any atom is -0.284 e. The van der Waals surface area contributed by atoms with Crippen molar-refractivity contribution >= 4 is 27.1 Å². The Morgan fingerprint density at radius 3 is 2.35 bits per heavy atom. The molecule has 0 aliphatic heterocycles. The molecular formula is C15H12BrN. The van der Waals surface area contributed by atoms with Crippen LogP contribution in [0.3, 0.4) is 0 Å². The molecule has 1 heterocycles. The quantitative estimate of drug-likeness (QED) is 0.607. The molecule has 0 spiro atoms. The normalized spacial score (nSPS) is 10.9. The summed E-state index contributed by atoms with van der Waals surface area (Å²) in [5, 5.41) is 1.25. The molecule has 0 amide bonds. The van der Waals surface area contributed by atoms with E-state index in [2.05, 4.69) is 71.6 Å². The van der Waals surface area contributed by atoms with E-state index >= 15 is 0 Å². The van der Waals surface area contributed by atoms with Gasteiger partial charge in [-0.2, -0.15) is 0 Å². The Morgan fingerprint density at radius 2 is 1.59 bits per heavy atom. The summed E-state index contributed by atoms with van der Waals surface area (Å²) >= 11 is 3.50. The molecule has 0 unspecified atom stereocenters. The predicted molar refractivity (Wildman–Crippen MR) is 76.4 cm³/mol. The SMILES string of the molecule is Cc1ccc(-c2ccc3ccn(Br)c3c2)cc1. The van der Waals surface area contributed by atoms with Crippen LogP contribution < -0.4 is 0 Å². The van der Waals surface area contributed by atoms with Gasteiger partial charge in [-0.05, 0) is 30.2 Å². The standard InChI is InChI=1S/C15H12BrN/c1-11-2-4-12(5-3-11)14-7-6-13-8-9-17(16)15(13)10-14/h2-10H,1H3. The van der Waals surface area contributed by atoms with Crippen molar-refractivity contribution in [2.24, 2.45) is 0 Å². The van der Waals surface area contributed by atoms with Gasteiger partial charge < -0.3 is 0 Å². The lowest BCUT2D eigenvalue weighted by atomic mass is 10.0. The highest BCUT2D eigenvalue weighted by atomic mass is 79.9. The van der Waals surface area contributed by atoms with Crippen LogP contribution in [0.5, 0.6) is 0 Å². The first-order valence-electron chi connectivity index (χ1n) is 5.58. The van der Waals surface area contributed by atoms with Gasteiger partial charge in [-0.25, -0.2) is 0 Å².